The standard InChI is InChI=1S/C11H12INO3S/c12-16-10(14)11(13-15,8-4-1-2-5-8)9-6-3-7-17-9/h3,6-8H,1-2,4-5H2. The summed E-state index contributed by atoms with van der Waals surface area (Å²) in [4.78, 5) is 24.1. The molecule has 1 aliphatic rings. The lowest BCUT2D eigenvalue weighted by molar-refractivity contribution is -0.139. The lowest BCUT2D eigenvalue weighted by Crippen LogP contribution is -2.39. The summed E-state index contributed by atoms with van der Waals surface area (Å²) in [6.45, 7) is 0. The van der Waals surface area contributed by atoms with Gasteiger partial charge in [-0.1, -0.05) is 18.9 Å². The summed E-state index contributed by atoms with van der Waals surface area (Å²) < 4.78 is 4.79. The van der Waals surface area contributed by atoms with E-state index in [0.717, 1.165) is 25.7 Å². The molecule has 0 radical (unpaired) electrons. The predicted molar refractivity (Wildman–Crippen MR) is 73.9 cm³/mol. The molecular weight excluding hydrogens is 353 g/mol. The smallest absolute Gasteiger partial charge is 0.352 e. The van der Waals surface area contributed by atoms with Crippen molar-refractivity contribution in [1.82, 2.24) is 0 Å². The molecular formula is C11H12INO3S. The van der Waals surface area contributed by atoms with E-state index >= 15 is 0 Å². The van der Waals surface area contributed by atoms with E-state index in [2.05, 4.69) is 5.18 Å². The van der Waals surface area contributed by atoms with Crippen LogP contribution in [0.4, 0.5) is 0 Å². The van der Waals surface area contributed by atoms with E-state index in [-0.39, 0.29) is 5.92 Å². The van der Waals surface area contributed by atoms with E-state index < -0.39 is 11.5 Å². The van der Waals surface area contributed by atoms with Gasteiger partial charge in [-0.25, -0.2) is 4.79 Å². The highest BCUT2D eigenvalue weighted by atomic mass is 127. The highest BCUT2D eigenvalue weighted by Crippen LogP contribution is 2.46. The number of carbonyl (C=O) groups is 1. The van der Waals surface area contributed by atoms with Crippen LogP contribution >= 0.6 is 34.3 Å². The molecule has 17 heavy (non-hydrogen) atoms. The van der Waals surface area contributed by atoms with Crippen LogP contribution in [0, 0.1) is 10.8 Å². The second kappa shape index (κ2) is 5.43. The summed E-state index contributed by atoms with van der Waals surface area (Å²) in [6, 6.07) is 3.62. The van der Waals surface area contributed by atoms with E-state index in [9.17, 15) is 9.70 Å². The van der Waals surface area contributed by atoms with Crippen molar-refractivity contribution in [2.45, 2.75) is 31.2 Å². The van der Waals surface area contributed by atoms with Crippen molar-refractivity contribution in [1.29, 1.82) is 0 Å². The Morgan fingerprint density at radius 1 is 1.53 bits per heavy atom. The molecule has 0 bridgehead atoms. The number of thiophene rings is 1. The van der Waals surface area contributed by atoms with Gasteiger partial charge in [0.25, 0.3) is 0 Å². The van der Waals surface area contributed by atoms with E-state index in [1.165, 1.54) is 34.3 Å². The van der Waals surface area contributed by atoms with Crippen LogP contribution in [0.1, 0.15) is 30.6 Å². The average Bonchev–Trinajstić information content (AvgIpc) is 3.03. The molecule has 1 aromatic rings. The van der Waals surface area contributed by atoms with Gasteiger partial charge in [0.1, 0.15) is 0 Å². The molecule has 0 spiro atoms. The van der Waals surface area contributed by atoms with Crippen LogP contribution in [0.2, 0.25) is 0 Å². The van der Waals surface area contributed by atoms with Gasteiger partial charge in [-0.05, 0) is 29.5 Å². The van der Waals surface area contributed by atoms with Gasteiger partial charge in [-0.15, -0.1) is 16.2 Å². The number of hydrogen-bond donors (Lipinski definition) is 0. The summed E-state index contributed by atoms with van der Waals surface area (Å²) in [5, 5.41) is 5.05. The third-order valence-corrected chi connectivity index (χ3v) is 4.76. The molecule has 1 saturated carbocycles. The minimum atomic E-state index is -1.33. The first kappa shape index (κ1) is 12.9. The fourth-order valence-electron chi connectivity index (χ4n) is 2.52. The molecule has 1 heterocycles. The minimum absolute atomic E-state index is 0.0269. The molecule has 1 unspecified atom stereocenters. The lowest BCUT2D eigenvalue weighted by Gasteiger charge is -2.27. The van der Waals surface area contributed by atoms with Gasteiger partial charge in [-0.3, -0.25) is 0 Å². The Labute approximate surface area is 117 Å². The normalized spacial score (nSPS) is 19.8. The topological polar surface area (TPSA) is 55.7 Å². The van der Waals surface area contributed by atoms with Gasteiger partial charge in [0.15, 0.2) is 23.0 Å². The van der Waals surface area contributed by atoms with Crippen molar-refractivity contribution < 1.29 is 7.86 Å². The zero-order valence-corrected chi connectivity index (χ0v) is 12.1. The number of hydrogen-bond acceptors (Lipinski definition) is 5. The fraction of sp³-hybridized carbons (Fsp3) is 0.545. The van der Waals surface area contributed by atoms with Crippen molar-refractivity contribution in [3.8, 4) is 0 Å². The van der Waals surface area contributed by atoms with Crippen molar-refractivity contribution in [2.75, 3.05) is 0 Å². The third kappa shape index (κ3) is 2.12. The van der Waals surface area contributed by atoms with Crippen LogP contribution < -0.4 is 0 Å². The zero-order chi connectivity index (χ0) is 12.3. The molecule has 1 atom stereocenters. The van der Waals surface area contributed by atoms with Gasteiger partial charge in [0.2, 0.25) is 5.54 Å². The Morgan fingerprint density at radius 3 is 2.71 bits per heavy atom. The fourth-order valence-corrected chi connectivity index (χ4v) is 3.79. The summed E-state index contributed by atoms with van der Waals surface area (Å²) in [7, 11) is 0. The van der Waals surface area contributed by atoms with Gasteiger partial charge in [0, 0.05) is 10.8 Å². The Morgan fingerprint density at radius 2 is 2.24 bits per heavy atom. The molecule has 0 N–H and O–H groups in total. The Kier molecular flexibility index (Phi) is 4.13. The summed E-state index contributed by atoms with van der Waals surface area (Å²) in [6.07, 6.45) is 3.80. The van der Waals surface area contributed by atoms with Crippen LogP contribution in [0.25, 0.3) is 0 Å². The second-order valence-electron chi connectivity index (χ2n) is 4.18. The maximum absolute atomic E-state index is 12.0. The number of carbonyl (C=O) groups excluding carboxylic acids is 1. The summed E-state index contributed by atoms with van der Waals surface area (Å²) >= 11 is 2.92. The van der Waals surface area contributed by atoms with Gasteiger partial charge in [-0.2, -0.15) is 0 Å². The molecule has 92 valence electrons. The number of nitroso groups, excluding NO2 is 1. The van der Waals surface area contributed by atoms with Crippen molar-refractivity contribution in [3.05, 3.63) is 27.3 Å². The highest BCUT2D eigenvalue weighted by Gasteiger charge is 2.52. The Hall–Kier alpha value is -0.500. The SMILES string of the molecule is O=NC(C(=O)OI)(c1cccs1)C1CCCC1. The first-order valence-electron chi connectivity index (χ1n) is 5.47. The molecule has 0 aliphatic heterocycles. The van der Waals surface area contributed by atoms with Crippen LogP contribution in [-0.4, -0.2) is 5.97 Å². The van der Waals surface area contributed by atoms with E-state index in [1.807, 2.05) is 11.4 Å². The van der Waals surface area contributed by atoms with Crippen LogP contribution in [0.5, 0.6) is 0 Å². The van der Waals surface area contributed by atoms with E-state index in [0.29, 0.717) is 4.88 Å². The van der Waals surface area contributed by atoms with Crippen molar-refractivity contribution >= 4 is 40.3 Å². The molecule has 2 rings (SSSR count). The average molecular weight is 365 g/mol. The molecule has 0 saturated heterocycles. The quantitative estimate of drug-likeness (QED) is 0.603. The van der Waals surface area contributed by atoms with E-state index in [4.69, 9.17) is 3.07 Å². The first-order valence-corrected chi connectivity index (χ1v) is 7.23. The third-order valence-electron chi connectivity index (χ3n) is 3.37. The van der Waals surface area contributed by atoms with Gasteiger partial charge in [0.05, 0.1) is 0 Å². The van der Waals surface area contributed by atoms with E-state index in [1.54, 1.807) is 6.07 Å². The van der Waals surface area contributed by atoms with Gasteiger partial charge < -0.3 is 3.07 Å². The molecule has 0 amide bonds. The van der Waals surface area contributed by atoms with Crippen LogP contribution in [-0.2, 0) is 13.4 Å². The molecule has 1 aromatic heterocycles. The largest absolute Gasteiger partial charge is 0.392 e. The van der Waals surface area contributed by atoms with Crippen molar-refractivity contribution in [3.63, 3.8) is 0 Å². The summed E-state index contributed by atoms with van der Waals surface area (Å²) in [5.41, 5.74) is -1.33. The number of rotatable bonds is 4. The number of nitrogens with zero attached hydrogens (tertiary/aromatic N) is 1. The predicted octanol–water partition coefficient (Wildman–Crippen LogP) is 3.79. The summed E-state index contributed by atoms with van der Waals surface area (Å²) in [5.74, 6) is -0.566. The number of halogens is 1. The first-order chi connectivity index (χ1) is 8.25. The Balaban J connectivity index is 2.46. The molecule has 0 aromatic carbocycles. The minimum Gasteiger partial charge on any atom is -0.392 e. The maximum Gasteiger partial charge on any atom is 0.352 e. The van der Waals surface area contributed by atoms with Gasteiger partial charge >= 0.3 is 5.97 Å². The molecule has 1 aliphatic carbocycles. The second-order valence-corrected chi connectivity index (χ2v) is 5.57. The molecule has 4 nitrogen and oxygen atoms in total. The zero-order valence-electron chi connectivity index (χ0n) is 9.10. The van der Waals surface area contributed by atoms with Crippen molar-refractivity contribution in [2.24, 2.45) is 11.1 Å². The molecule has 6 heteroatoms. The van der Waals surface area contributed by atoms with Crippen LogP contribution in [0.15, 0.2) is 22.7 Å². The highest BCUT2D eigenvalue weighted by molar-refractivity contribution is 14.1. The Bertz CT molecular complexity index is 403. The monoisotopic (exact) mass is 365 g/mol. The molecule has 1 fully saturated rings. The maximum atomic E-state index is 12.0. The lowest BCUT2D eigenvalue weighted by atomic mass is 9.82. The van der Waals surface area contributed by atoms with Crippen LogP contribution in [0.3, 0.4) is 0 Å².